The van der Waals surface area contributed by atoms with Crippen molar-refractivity contribution in [3.63, 3.8) is 0 Å². The molecule has 0 spiro atoms. The quantitative estimate of drug-likeness (QED) is 0.611. The summed E-state index contributed by atoms with van der Waals surface area (Å²) in [5.41, 5.74) is 2.96. The average molecular weight is 392 g/mol. The Hall–Kier alpha value is -3.61. The van der Waals surface area contributed by atoms with Gasteiger partial charge >= 0.3 is 0 Å². The smallest absolute Gasteiger partial charge is 0.276 e. The van der Waals surface area contributed by atoms with E-state index in [-0.39, 0.29) is 11.6 Å². The van der Waals surface area contributed by atoms with Crippen LogP contribution in [0.3, 0.4) is 0 Å². The fourth-order valence-corrected chi connectivity index (χ4v) is 2.73. The molecule has 3 aromatic rings. The number of anilines is 3. The molecule has 1 aromatic heterocycles. The van der Waals surface area contributed by atoms with E-state index in [9.17, 15) is 4.79 Å². The highest BCUT2D eigenvalue weighted by molar-refractivity contribution is 6.03. The van der Waals surface area contributed by atoms with Gasteiger partial charge in [0.2, 0.25) is 0 Å². The number of nitrogens with one attached hydrogen (secondary N) is 2. The zero-order valence-electron chi connectivity index (χ0n) is 16.9. The molecule has 0 radical (unpaired) electrons. The summed E-state index contributed by atoms with van der Waals surface area (Å²) in [6, 6.07) is 16.6. The minimum Gasteiger partial charge on any atom is -0.493 e. The number of nitrogens with zero attached hydrogens (tertiary/aromatic N) is 2. The highest BCUT2D eigenvalue weighted by Gasteiger charge is 2.11. The van der Waals surface area contributed by atoms with Crippen LogP contribution in [0.5, 0.6) is 11.5 Å². The van der Waals surface area contributed by atoms with E-state index < -0.39 is 0 Å². The van der Waals surface area contributed by atoms with Crippen molar-refractivity contribution in [3.8, 4) is 11.5 Å². The molecule has 29 heavy (non-hydrogen) atoms. The largest absolute Gasteiger partial charge is 0.493 e. The van der Waals surface area contributed by atoms with Gasteiger partial charge in [-0.15, -0.1) is 10.2 Å². The lowest BCUT2D eigenvalue weighted by Crippen LogP contribution is -2.14. The van der Waals surface area contributed by atoms with Crippen molar-refractivity contribution in [2.45, 2.75) is 19.8 Å². The molecule has 0 unspecified atom stereocenters. The van der Waals surface area contributed by atoms with Crippen LogP contribution in [0.25, 0.3) is 0 Å². The molecule has 0 saturated carbocycles. The molecule has 7 heteroatoms. The summed E-state index contributed by atoms with van der Waals surface area (Å²) >= 11 is 0. The SMILES string of the molecule is COc1ccc(NC(=O)c2ccc(Nc3ccc(C(C)C)cc3)nn2)cc1OC. The number of benzene rings is 2. The lowest BCUT2D eigenvalue weighted by molar-refractivity contribution is 0.102. The van der Waals surface area contributed by atoms with Gasteiger partial charge < -0.3 is 20.1 Å². The fraction of sp³-hybridized carbons (Fsp3) is 0.227. The van der Waals surface area contributed by atoms with Crippen molar-refractivity contribution in [3.05, 3.63) is 65.9 Å². The number of hydrogen-bond donors (Lipinski definition) is 2. The van der Waals surface area contributed by atoms with Crippen LogP contribution in [0.2, 0.25) is 0 Å². The van der Waals surface area contributed by atoms with Crippen LogP contribution in [0.4, 0.5) is 17.2 Å². The molecule has 0 saturated heterocycles. The summed E-state index contributed by atoms with van der Waals surface area (Å²) in [4.78, 5) is 12.4. The number of ether oxygens (including phenoxy) is 2. The molecule has 0 atom stereocenters. The second-order valence-electron chi connectivity index (χ2n) is 6.73. The molecular weight excluding hydrogens is 368 g/mol. The van der Waals surface area contributed by atoms with Crippen molar-refractivity contribution in [2.75, 3.05) is 24.9 Å². The van der Waals surface area contributed by atoms with Crippen LogP contribution >= 0.6 is 0 Å². The Labute approximate surface area is 170 Å². The lowest BCUT2D eigenvalue weighted by Gasteiger charge is -2.11. The van der Waals surface area contributed by atoms with Crippen LogP contribution < -0.4 is 20.1 Å². The van der Waals surface area contributed by atoms with E-state index in [4.69, 9.17) is 9.47 Å². The second-order valence-corrected chi connectivity index (χ2v) is 6.73. The third-order valence-electron chi connectivity index (χ3n) is 4.39. The topological polar surface area (TPSA) is 85.4 Å². The first-order chi connectivity index (χ1) is 14.0. The summed E-state index contributed by atoms with van der Waals surface area (Å²) in [6.45, 7) is 4.30. The Kier molecular flexibility index (Phi) is 6.29. The average Bonchev–Trinajstić information content (AvgIpc) is 2.74. The zero-order chi connectivity index (χ0) is 20.8. The van der Waals surface area contributed by atoms with Gasteiger partial charge in [-0.3, -0.25) is 4.79 Å². The first-order valence-electron chi connectivity index (χ1n) is 9.24. The molecule has 0 fully saturated rings. The van der Waals surface area contributed by atoms with E-state index >= 15 is 0 Å². The van der Waals surface area contributed by atoms with E-state index in [0.29, 0.717) is 28.9 Å². The molecule has 3 rings (SSSR count). The van der Waals surface area contributed by atoms with E-state index in [0.717, 1.165) is 5.69 Å². The van der Waals surface area contributed by atoms with E-state index in [1.807, 2.05) is 12.1 Å². The Morgan fingerprint density at radius 3 is 2.14 bits per heavy atom. The van der Waals surface area contributed by atoms with Gasteiger partial charge in [0.25, 0.3) is 5.91 Å². The van der Waals surface area contributed by atoms with Crippen molar-refractivity contribution in [1.29, 1.82) is 0 Å². The Balaban J connectivity index is 1.65. The molecule has 0 aliphatic carbocycles. The molecule has 1 amide bonds. The van der Waals surface area contributed by atoms with Crippen LogP contribution in [-0.4, -0.2) is 30.3 Å². The zero-order valence-corrected chi connectivity index (χ0v) is 16.9. The number of amides is 1. The number of rotatable bonds is 7. The molecule has 0 aliphatic rings. The third-order valence-corrected chi connectivity index (χ3v) is 4.39. The molecule has 0 bridgehead atoms. The van der Waals surface area contributed by atoms with Gasteiger partial charge in [-0.1, -0.05) is 26.0 Å². The van der Waals surface area contributed by atoms with Gasteiger partial charge in [0.15, 0.2) is 23.0 Å². The number of hydrogen-bond acceptors (Lipinski definition) is 6. The predicted molar refractivity (Wildman–Crippen MR) is 113 cm³/mol. The number of aromatic nitrogens is 2. The number of carbonyl (C=O) groups excluding carboxylic acids is 1. The van der Waals surface area contributed by atoms with Crippen molar-refractivity contribution >= 4 is 23.1 Å². The van der Waals surface area contributed by atoms with Crippen molar-refractivity contribution in [1.82, 2.24) is 10.2 Å². The fourth-order valence-electron chi connectivity index (χ4n) is 2.73. The van der Waals surface area contributed by atoms with Gasteiger partial charge in [0.1, 0.15) is 0 Å². The second kappa shape index (κ2) is 9.05. The van der Waals surface area contributed by atoms with Gasteiger partial charge in [-0.05, 0) is 47.9 Å². The Bertz CT molecular complexity index is 970. The Morgan fingerprint density at radius 1 is 0.862 bits per heavy atom. The van der Waals surface area contributed by atoms with Crippen LogP contribution in [-0.2, 0) is 0 Å². The predicted octanol–water partition coefficient (Wildman–Crippen LogP) is 4.61. The van der Waals surface area contributed by atoms with Gasteiger partial charge in [-0.25, -0.2) is 0 Å². The van der Waals surface area contributed by atoms with Crippen LogP contribution in [0.1, 0.15) is 35.8 Å². The van der Waals surface area contributed by atoms with Crippen LogP contribution in [0.15, 0.2) is 54.6 Å². The molecule has 2 N–H and O–H groups in total. The lowest BCUT2D eigenvalue weighted by atomic mass is 10.0. The van der Waals surface area contributed by atoms with E-state index in [1.165, 1.54) is 12.7 Å². The molecule has 150 valence electrons. The molecule has 0 aliphatic heterocycles. The maximum atomic E-state index is 12.4. The molecule has 7 nitrogen and oxygen atoms in total. The maximum Gasteiger partial charge on any atom is 0.276 e. The minimum atomic E-state index is -0.363. The van der Waals surface area contributed by atoms with Gasteiger partial charge in [-0.2, -0.15) is 0 Å². The first-order valence-corrected chi connectivity index (χ1v) is 9.24. The highest BCUT2D eigenvalue weighted by Crippen LogP contribution is 2.29. The Morgan fingerprint density at radius 2 is 1.55 bits per heavy atom. The number of carbonyl (C=O) groups is 1. The molecule has 1 heterocycles. The molecule has 2 aromatic carbocycles. The maximum absolute atomic E-state index is 12.4. The summed E-state index contributed by atoms with van der Waals surface area (Å²) in [6.07, 6.45) is 0. The highest BCUT2D eigenvalue weighted by atomic mass is 16.5. The standard InChI is InChI=1S/C22H24N4O3/c1-14(2)15-5-7-16(8-6-15)23-21-12-10-18(25-26-21)22(27)24-17-9-11-19(28-3)20(13-17)29-4/h5-14H,1-4H3,(H,23,26)(H,24,27). The minimum absolute atomic E-state index is 0.209. The van der Waals surface area contributed by atoms with Gasteiger partial charge in [0.05, 0.1) is 14.2 Å². The summed E-state index contributed by atoms with van der Waals surface area (Å²) in [5, 5.41) is 14.1. The van der Waals surface area contributed by atoms with E-state index in [2.05, 4.69) is 46.8 Å². The van der Waals surface area contributed by atoms with Crippen molar-refractivity contribution in [2.24, 2.45) is 0 Å². The van der Waals surface area contributed by atoms with Crippen LogP contribution in [0, 0.1) is 0 Å². The van der Waals surface area contributed by atoms with E-state index in [1.54, 1.807) is 37.4 Å². The normalized spacial score (nSPS) is 10.5. The number of methoxy groups -OCH3 is 2. The van der Waals surface area contributed by atoms with Gasteiger partial charge in [0, 0.05) is 17.4 Å². The third kappa shape index (κ3) is 5.01. The van der Waals surface area contributed by atoms with Crippen molar-refractivity contribution < 1.29 is 14.3 Å². The summed E-state index contributed by atoms with van der Waals surface area (Å²) < 4.78 is 10.4. The first kappa shape index (κ1) is 20.1. The monoisotopic (exact) mass is 392 g/mol. The summed E-state index contributed by atoms with van der Waals surface area (Å²) in [5.74, 6) is 1.79. The summed E-state index contributed by atoms with van der Waals surface area (Å²) in [7, 11) is 3.09. The molecular formula is C22H24N4O3.